The molecule has 2 aromatic rings. The SMILES string of the molecule is COc1nn(CC(=O)NCCCn2cc(Cl)c(C)n2)cc1[N+](=O)[O-]. The summed E-state index contributed by atoms with van der Waals surface area (Å²) in [6, 6.07) is 0. The van der Waals surface area contributed by atoms with Gasteiger partial charge in [-0.2, -0.15) is 5.10 Å². The summed E-state index contributed by atoms with van der Waals surface area (Å²) in [5, 5.41) is 22.2. The van der Waals surface area contributed by atoms with E-state index in [1.165, 1.54) is 11.8 Å². The van der Waals surface area contributed by atoms with E-state index in [2.05, 4.69) is 15.5 Å². The molecule has 0 unspecified atom stereocenters. The zero-order chi connectivity index (χ0) is 17.7. The number of rotatable bonds is 8. The van der Waals surface area contributed by atoms with Gasteiger partial charge in [0.05, 0.1) is 22.7 Å². The highest BCUT2D eigenvalue weighted by atomic mass is 35.5. The standard InChI is InChI=1S/C13H17ClN6O4/c1-9-10(14)6-18(16-9)5-3-4-15-12(21)8-19-7-11(20(22)23)13(17-19)24-2/h6-7H,3-5,8H2,1-2H3,(H,15,21). The summed E-state index contributed by atoms with van der Waals surface area (Å²) in [5.74, 6) is -0.427. The Morgan fingerprint density at radius 1 is 1.42 bits per heavy atom. The summed E-state index contributed by atoms with van der Waals surface area (Å²) >= 11 is 5.91. The summed E-state index contributed by atoms with van der Waals surface area (Å²) in [5.41, 5.74) is 0.478. The third kappa shape index (κ3) is 4.44. The number of nitro groups is 1. The van der Waals surface area contributed by atoms with Gasteiger partial charge in [0, 0.05) is 19.3 Å². The zero-order valence-electron chi connectivity index (χ0n) is 13.2. The maximum Gasteiger partial charge on any atom is 0.350 e. The van der Waals surface area contributed by atoms with Crippen LogP contribution in [0.4, 0.5) is 5.69 Å². The fraction of sp³-hybridized carbons (Fsp3) is 0.462. The first-order valence-corrected chi connectivity index (χ1v) is 7.50. The Labute approximate surface area is 142 Å². The summed E-state index contributed by atoms with van der Waals surface area (Å²) < 4.78 is 7.69. The van der Waals surface area contributed by atoms with Gasteiger partial charge in [-0.1, -0.05) is 11.6 Å². The normalized spacial score (nSPS) is 10.6. The monoisotopic (exact) mass is 356 g/mol. The first-order valence-electron chi connectivity index (χ1n) is 7.12. The quantitative estimate of drug-likeness (QED) is 0.431. The zero-order valence-corrected chi connectivity index (χ0v) is 14.0. The number of carbonyl (C=O) groups excluding carboxylic acids is 1. The molecule has 0 spiro atoms. The number of hydrogen-bond acceptors (Lipinski definition) is 6. The first-order chi connectivity index (χ1) is 11.4. The van der Waals surface area contributed by atoms with Gasteiger partial charge in [-0.3, -0.25) is 24.3 Å². The van der Waals surface area contributed by atoms with E-state index in [9.17, 15) is 14.9 Å². The second-order valence-corrected chi connectivity index (χ2v) is 5.41. The molecule has 1 N–H and O–H groups in total. The fourth-order valence-electron chi connectivity index (χ4n) is 2.02. The highest BCUT2D eigenvalue weighted by Crippen LogP contribution is 2.23. The van der Waals surface area contributed by atoms with Crippen molar-refractivity contribution < 1.29 is 14.5 Å². The minimum atomic E-state index is -0.614. The van der Waals surface area contributed by atoms with Crippen LogP contribution < -0.4 is 10.1 Å². The van der Waals surface area contributed by atoms with Crippen LogP contribution in [0.15, 0.2) is 12.4 Å². The Kier molecular flexibility index (Phi) is 5.74. The summed E-state index contributed by atoms with van der Waals surface area (Å²) in [6.07, 6.45) is 3.56. The molecule has 11 heteroatoms. The average molecular weight is 357 g/mol. The smallest absolute Gasteiger partial charge is 0.350 e. The van der Waals surface area contributed by atoms with E-state index in [0.717, 1.165) is 11.9 Å². The molecule has 130 valence electrons. The number of amides is 1. The van der Waals surface area contributed by atoms with Crippen LogP contribution in [0.5, 0.6) is 5.88 Å². The molecule has 0 aromatic carbocycles. The van der Waals surface area contributed by atoms with E-state index in [4.69, 9.17) is 16.3 Å². The number of hydrogen-bond donors (Lipinski definition) is 1. The van der Waals surface area contributed by atoms with Crippen LogP contribution in [-0.4, -0.2) is 44.0 Å². The molecule has 0 radical (unpaired) electrons. The van der Waals surface area contributed by atoms with E-state index in [-0.39, 0.29) is 24.0 Å². The molecule has 0 bridgehead atoms. The van der Waals surface area contributed by atoms with Gasteiger partial charge in [0.25, 0.3) is 0 Å². The number of aromatic nitrogens is 4. The Balaban J connectivity index is 1.78. The highest BCUT2D eigenvalue weighted by Gasteiger charge is 2.20. The molecule has 0 saturated heterocycles. The molecule has 0 aliphatic heterocycles. The summed E-state index contributed by atoms with van der Waals surface area (Å²) in [7, 11) is 1.28. The van der Waals surface area contributed by atoms with Crippen molar-refractivity contribution >= 4 is 23.2 Å². The molecule has 0 aliphatic carbocycles. The van der Waals surface area contributed by atoms with E-state index < -0.39 is 4.92 Å². The van der Waals surface area contributed by atoms with Gasteiger partial charge in [-0.15, -0.1) is 5.10 Å². The van der Waals surface area contributed by atoms with Crippen molar-refractivity contribution in [2.45, 2.75) is 26.4 Å². The van der Waals surface area contributed by atoms with E-state index in [0.29, 0.717) is 24.5 Å². The van der Waals surface area contributed by atoms with Gasteiger partial charge in [0.15, 0.2) is 0 Å². The van der Waals surface area contributed by atoms with Crippen molar-refractivity contribution in [3.63, 3.8) is 0 Å². The average Bonchev–Trinajstić information content (AvgIpc) is 3.07. The molecule has 10 nitrogen and oxygen atoms in total. The van der Waals surface area contributed by atoms with E-state index in [1.54, 1.807) is 10.9 Å². The van der Waals surface area contributed by atoms with Crippen LogP contribution in [-0.2, 0) is 17.9 Å². The third-order valence-corrected chi connectivity index (χ3v) is 3.55. The predicted octanol–water partition coefficient (Wildman–Crippen LogP) is 1.16. The minimum absolute atomic E-state index is 0.126. The number of nitrogens with one attached hydrogen (secondary N) is 1. The van der Waals surface area contributed by atoms with Crippen LogP contribution in [0, 0.1) is 17.0 Å². The number of methoxy groups -OCH3 is 1. The fourth-order valence-corrected chi connectivity index (χ4v) is 2.18. The van der Waals surface area contributed by atoms with E-state index in [1.807, 2.05) is 6.92 Å². The molecule has 0 fully saturated rings. The van der Waals surface area contributed by atoms with Crippen LogP contribution in [0.1, 0.15) is 12.1 Å². The second kappa shape index (κ2) is 7.77. The van der Waals surface area contributed by atoms with Crippen molar-refractivity contribution in [2.75, 3.05) is 13.7 Å². The summed E-state index contributed by atoms with van der Waals surface area (Å²) in [4.78, 5) is 22.0. The van der Waals surface area contributed by atoms with Gasteiger partial charge in [-0.05, 0) is 13.3 Å². The summed E-state index contributed by atoms with van der Waals surface area (Å²) in [6.45, 7) is 2.75. The van der Waals surface area contributed by atoms with Gasteiger partial charge in [0.2, 0.25) is 5.91 Å². The molecular formula is C13H17ClN6O4. The number of ether oxygens (including phenoxy) is 1. The Hall–Kier alpha value is -2.62. The predicted molar refractivity (Wildman–Crippen MR) is 85.0 cm³/mol. The maximum absolute atomic E-state index is 11.8. The topological polar surface area (TPSA) is 117 Å². The molecule has 1 amide bonds. The molecule has 2 heterocycles. The Bertz CT molecular complexity index is 721. The number of nitrogens with zero attached hydrogens (tertiary/aromatic N) is 5. The van der Waals surface area contributed by atoms with Crippen LogP contribution in [0.25, 0.3) is 0 Å². The minimum Gasteiger partial charge on any atom is -0.475 e. The molecule has 2 aromatic heterocycles. The van der Waals surface area contributed by atoms with Gasteiger partial charge < -0.3 is 10.1 Å². The van der Waals surface area contributed by atoms with Crippen LogP contribution in [0.3, 0.4) is 0 Å². The Morgan fingerprint density at radius 2 is 2.17 bits per heavy atom. The number of carbonyl (C=O) groups is 1. The van der Waals surface area contributed by atoms with Crippen molar-refractivity contribution in [1.29, 1.82) is 0 Å². The third-order valence-electron chi connectivity index (χ3n) is 3.18. The molecule has 0 atom stereocenters. The lowest BCUT2D eigenvalue weighted by molar-refractivity contribution is -0.385. The first kappa shape index (κ1) is 17.7. The van der Waals surface area contributed by atoms with Crippen molar-refractivity contribution in [2.24, 2.45) is 0 Å². The van der Waals surface area contributed by atoms with Crippen molar-refractivity contribution in [1.82, 2.24) is 24.9 Å². The van der Waals surface area contributed by atoms with Gasteiger partial charge in [0.1, 0.15) is 12.7 Å². The molecule has 24 heavy (non-hydrogen) atoms. The van der Waals surface area contributed by atoms with Crippen LogP contribution in [0.2, 0.25) is 5.02 Å². The molecular weight excluding hydrogens is 340 g/mol. The number of halogens is 1. The largest absolute Gasteiger partial charge is 0.475 e. The number of aryl methyl sites for hydroxylation is 2. The Morgan fingerprint density at radius 3 is 2.71 bits per heavy atom. The molecule has 2 rings (SSSR count). The second-order valence-electron chi connectivity index (χ2n) is 5.01. The lowest BCUT2D eigenvalue weighted by Gasteiger charge is -2.05. The van der Waals surface area contributed by atoms with Gasteiger partial charge in [-0.25, -0.2) is 0 Å². The highest BCUT2D eigenvalue weighted by molar-refractivity contribution is 6.31. The van der Waals surface area contributed by atoms with Crippen LogP contribution >= 0.6 is 11.6 Å². The lowest BCUT2D eigenvalue weighted by Crippen LogP contribution is -2.29. The molecule has 0 saturated carbocycles. The van der Waals surface area contributed by atoms with E-state index >= 15 is 0 Å². The molecule has 0 aliphatic rings. The van der Waals surface area contributed by atoms with Crippen molar-refractivity contribution in [3.05, 3.63) is 33.2 Å². The van der Waals surface area contributed by atoms with Gasteiger partial charge >= 0.3 is 11.6 Å². The maximum atomic E-state index is 11.8. The van der Waals surface area contributed by atoms with Crippen molar-refractivity contribution in [3.8, 4) is 5.88 Å². The lowest BCUT2D eigenvalue weighted by atomic mass is 10.4.